The van der Waals surface area contributed by atoms with E-state index >= 15 is 0 Å². The van der Waals surface area contributed by atoms with Crippen LogP contribution in [0.4, 0.5) is 5.82 Å². The van der Waals surface area contributed by atoms with Crippen LogP contribution in [-0.2, 0) is 19.5 Å². The first kappa shape index (κ1) is 17.1. The molecule has 0 fully saturated rings. The molecule has 4 aromatic rings. The molecule has 3 heterocycles. The summed E-state index contributed by atoms with van der Waals surface area (Å²) in [7, 11) is 0. The number of pyridine rings is 1. The largest absolute Gasteiger partial charge is 0.364 e. The van der Waals surface area contributed by atoms with Gasteiger partial charge in [0, 0.05) is 25.4 Å². The molecule has 4 rings (SSSR count). The smallest absolute Gasteiger partial charge is 0.184 e. The predicted molar refractivity (Wildman–Crippen MR) is 104 cm³/mol. The van der Waals surface area contributed by atoms with Gasteiger partial charge in [-0.2, -0.15) is 0 Å². The molecule has 0 aliphatic rings. The van der Waals surface area contributed by atoms with Crippen molar-refractivity contribution in [1.82, 2.24) is 29.9 Å². The van der Waals surface area contributed by atoms with Gasteiger partial charge in [0.25, 0.3) is 0 Å². The number of aromatic nitrogens is 6. The summed E-state index contributed by atoms with van der Waals surface area (Å²) in [5.41, 5.74) is 3.68. The average Bonchev–Trinajstić information content (AvgIpc) is 3.11. The van der Waals surface area contributed by atoms with Gasteiger partial charge in [-0.1, -0.05) is 48.5 Å². The zero-order valence-electron chi connectivity index (χ0n) is 15.2. The Morgan fingerprint density at radius 1 is 1.00 bits per heavy atom. The highest BCUT2D eigenvalue weighted by atomic mass is 15.4. The Morgan fingerprint density at radius 2 is 1.85 bits per heavy atom. The zero-order valence-corrected chi connectivity index (χ0v) is 15.2. The summed E-state index contributed by atoms with van der Waals surface area (Å²) in [5, 5.41) is 12.0. The molecule has 3 aromatic heterocycles. The van der Waals surface area contributed by atoms with Crippen molar-refractivity contribution in [2.24, 2.45) is 0 Å². The maximum absolute atomic E-state index is 4.71. The van der Waals surface area contributed by atoms with E-state index in [2.05, 4.69) is 44.7 Å². The number of fused-ring (bicyclic) bond motifs is 1. The Kier molecular flexibility index (Phi) is 5.00. The second-order valence-corrected chi connectivity index (χ2v) is 6.36. The molecule has 0 unspecified atom stereocenters. The van der Waals surface area contributed by atoms with Gasteiger partial charge in [0.15, 0.2) is 17.0 Å². The lowest BCUT2D eigenvalue weighted by Crippen LogP contribution is -2.08. The molecule has 7 nitrogen and oxygen atoms in total. The van der Waals surface area contributed by atoms with Crippen LogP contribution in [0.25, 0.3) is 11.2 Å². The summed E-state index contributed by atoms with van der Waals surface area (Å²) in [6, 6.07) is 14.1. The number of hydrogen-bond acceptors (Lipinski definition) is 6. The lowest BCUT2D eigenvalue weighted by atomic mass is 10.2. The molecule has 1 aromatic carbocycles. The Balaban J connectivity index is 1.67. The van der Waals surface area contributed by atoms with Gasteiger partial charge >= 0.3 is 0 Å². The number of anilines is 1. The highest BCUT2D eigenvalue weighted by Crippen LogP contribution is 2.20. The van der Waals surface area contributed by atoms with Crippen LogP contribution >= 0.6 is 0 Å². The number of aryl methyl sites for hydroxylation is 1. The topological polar surface area (TPSA) is 81.4 Å². The van der Waals surface area contributed by atoms with Gasteiger partial charge in [0.05, 0.1) is 6.54 Å². The summed E-state index contributed by atoms with van der Waals surface area (Å²) < 4.78 is 1.83. The first-order valence-electron chi connectivity index (χ1n) is 9.10. The molecule has 0 aliphatic heterocycles. The van der Waals surface area contributed by atoms with Crippen LogP contribution in [0.3, 0.4) is 0 Å². The van der Waals surface area contributed by atoms with Gasteiger partial charge in [-0.25, -0.2) is 14.6 Å². The summed E-state index contributed by atoms with van der Waals surface area (Å²) >= 11 is 0. The van der Waals surface area contributed by atoms with Crippen molar-refractivity contribution in [3.8, 4) is 0 Å². The lowest BCUT2D eigenvalue weighted by molar-refractivity contribution is 0.662. The van der Waals surface area contributed by atoms with Crippen LogP contribution in [0, 0.1) is 0 Å². The molecule has 0 saturated carbocycles. The Labute approximate surface area is 157 Å². The second kappa shape index (κ2) is 7.90. The van der Waals surface area contributed by atoms with Crippen LogP contribution in [0.1, 0.15) is 30.3 Å². The fraction of sp³-hybridized carbons (Fsp3) is 0.250. The zero-order chi connectivity index (χ0) is 18.5. The van der Waals surface area contributed by atoms with E-state index < -0.39 is 0 Å². The standard InChI is InChI=1S/C20H21N7/c1-2-7-17-23-19(22-13-16-10-6-11-21-12-16)18-20(24-17)27(26-25-18)14-15-8-4-3-5-9-15/h3-6,8-12H,2,7,13-14H2,1H3,(H,22,23,24). The Morgan fingerprint density at radius 3 is 2.63 bits per heavy atom. The quantitative estimate of drug-likeness (QED) is 0.546. The average molecular weight is 359 g/mol. The van der Waals surface area contributed by atoms with Crippen molar-refractivity contribution in [3.05, 3.63) is 71.8 Å². The Bertz CT molecular complexity index is 1010. The van der Waals surface area contributed by atoms with Crippen molar-refractivity contribution in [2.75, 3.05) is 5.32 Å². The van der Waals surface area contributed by atoms with Crippen molar-refractivity contribution in [3.63, 3.8) is 0 Å². The molecule has 27 heavy (non-hydrogen) atoms. The SMILES string of the molecule is CCCc1nc(NCc2cccnc2)c2nnn(Cc3ccccc3)c2n1. The number of rotatable bonds is 7. The highest BCUT2D eigenvalue weighted by molar-refractivity contribution is 5.82. The summed E-state index contributed by atoms with van der Waals surface area (Å²) in [4.78, 5) is 13.5. The maximum atomic E-state index is 4.71. The molecule has 0 atom stereocenters. The number of benzene rings is 1. The molecule has 0 radical (unpaired) electrons. The van der Waals surface area contributed by atoms with Crippen LogP contribution in [0.15, 0.2) is 54.9 Å². The fourth-order valence-corrected chi connectivity index (χ4v) is 2.91. The van der Waals surface area contributed by atoms with Gasteiger partial charge in [-0.05, 0) is 23.6 Å². The van der Waals surface area contributed by atoms with Crippen LogP contribution in [0.5, 0.6) is 0 Å². The molecule has 136 valence electrons. The van der Waals surface area contributed by atoms with Gasteiger partial charge < -0.3 is 5.32 Å². The predicted octanol–water partition coefficient (Wildman–Crippen LogP) is 3.23. The normalized spacial score (nSPS) is 11.0. The van der Waals surface area contributed by atoms with E-state index in [9.17, 15) is 0 Å². The van der Waals surface area contributed by atoms with E-state index in [-0.39, 0.29) is 0 Å². The third-order valence-corrected chi connectivity index (χ3v) is 4.24. The summed E-state index contributed by atoms with van der Waals surface area (Å²) in [6.07, 6.45) is 5.40. The number of nitrogens with one attached hydrogen (secondary N) is 1. The van der Waals surface area contributed by atoms with Crippen molar-refractivity contribution >= 4 is 17.0 Å². The fourth-order valence-electron chi connectivity index (χ4n) is 2.91. The van der Waals surface area contributed by atoms with Crippen molar-refractivity contribution in [2.45, 2.75) is 32.9 Å². The lowest BCUT2D eigenvalue weighted by Gasteiger charge is -2.08. The molecule has 0 aliphatic carbocycles. The van der Waals surface area contributed by atoms with Crippen LogP contribution in [-0.4, -0.2) is 29.9 Å². The van der Waals surface area contributed by atoms with Crippen LogP contribution < -0.4 is 5.32 Å². The third-order valence-electron chi connectivity index (χ3n) is 4.24. The minimum absolute atomic E-state index is 0.622. The van der Waals surface area contributed by atoms with E-state index in [4.69, 9.17) is 4.98 Å². The van der Waals surface area contributed by atoms with E-state index in [0.29, 0.717) is 24.4 Å². The minimum Gasteiger partial charge on any atom is -0.364 e. The van der Waals surface area contributed by atoms with Crippen LogP contribution in [0.2, 0.25) is 0 Å². The minimum atomic E-state index is 0.622. The molecular formula is C20H21N7. The third kappa shape index (κ3) is 3.92. The molecule has 0 bridgehead atoms. The molecule has 0 saturated heterocycles. The second-order valence-electron chi connectivity index (χ2n) is 6.36. The summed E-state index contributed by atoms with van der Waals surface area (Å²) in [5.74, 6) is 1.52. The van der Waals surface area contributed by atoms with Gasteiger partial charge in [0.2, 0.25) is 0 Å². The monoisotopic (exact) mass is 359 g/mol. The first-order valence-corrected chi connectivity index (χ1v) is 9.10. The Hall–Kier alpha value is -3.35. The van der Waals surface area contributed by atoms with Crippen molar-refractivity contribution in [1.29, 1.82) is 0 Å². The first-order chi connectivity index (χ1) is 13.3. The van der Waals surface area contributed by atoms with Gasteiger partial charge in [-0.3, -0.25) is 4.98 Å². The van der Waals surface area contributed by atoms with E-state index in [1.165, 1.54) is 0 Å². The molecule has 1 N–H and O–H groups in total. The number of hydrogen-bond donors (Lipinski definition) is 1. The maximum Gasteiger partial charge on any atom is 0.184 e. The molecule has 7 heteroatoms. The van der Waals surface area contributed by atoms with Gasteiger partial charge in [0.1, 0.15) is 5.82 Å². The van der Waals surface area contributed by atoms with E-state index in [1.54, 1.807) is 6.20 Å². The highest BCUT2D eigenvalue weighted by Gasteiger charge is 2.15. The summed E-state index contributed by atoms with van der Waals surface area (Å²) in [6.45, 7) is 3.37. The van der Waals surface area contributed by atoms with Gasteiger partial charge in [-0.15, -0.1) is 5.10 Å². The molecular weight excluding hydrogens is 338 g/mol. The van der Waals surface area contributed by atoms with Crippen molar-refractivity contribution < 1.29 is 0 Å². The van der Waals surface area contributed by atoms with E-state index in [1.807, 2.05) is 41.2 Å². The van der Waals surface area contributed by atoms with E-state index in [0.717, 1.165) is 35.4 Å². The molecule has 0 amide bonds. The molecule has 0 spiro atoms. The number of nitrogens with zero attached hydrogens (tertiary/aromatic N) is 6.